The number of hydrogen-bond donors (Lipinski definition) is 1. The van der Waals surface area contributed by atoms with E-state index in [2.05, 4.69) is 16.5 Å². The first-order valence-electron chi connectivity index (χ1n) is 2.49. The van der Waals surface area contributed by atoms with Crippen LogP contribution < -0.4 is 5.32 Å². The summed E-state index contributed by atoms with van der Waals surface area (Å²) >= 11 is 0. The Kier molecular flexibility index (Phi) is 1.85. The monoisotopic (exact) mass is 151 g/mol. The molecule has 1 rings (SSSR count). The largest absolute Gasteiger partial charge is 0.524 e. The molecular formula is C5H4F3NO. The van der Waals surface area contributed by atoms with Crippen LogP contribution >= 0.6 is 0 Å². The fourth-order valence-electron chi connectivity index (χ4n) is 0.521. The van der Waals surface area contributed by atoms with E-state index < -0.39 is 12.6 Å². The summed E-state index contributed by atoms with van der Waals surface area (Å²) in [6.07, 6.45) is -0.842. The van der Waals surface area contributed by atoms with Gasteiger partial charge in [-0.2, -0.15) is 0 Å². The number of rotatable bonds is 1. The summed E-state index contributed by atoms with van der Waals surface area (Å²) in [7, 11) is 0. The van der Waals surface area contributed by atoms with E-state index in [1.54, 1.807) is 0 Å². The molecule has 1 N–H and O–H groups in total. The van der Waals surface area contributed by atoms with E-state index in [1.165, 1.54) is 12.3 Å². The summed E-state index contributed by atoms with van der Waals surface area (Å²) in [5, 5.41) is 2.28. The first kappa shape index (κ1) is 7.40. The Morgan fingerprint density at radius 1 is 1.50 bits per heavy atom. The fraction of sp³-hybridized carbons (Fsp3) is 0.400. The molecule has 1 heterocycles. The van der Waals surface area contributed by atoms with Crippen LogP contribution in [0.2, 0.25) is 0 Å². The molecule has 10 heavy (non-hydrogen) atoms. The van der Waals surface area contributed by atoms with Gasteiger partial charge in [-0.1, -0.05) is 6.08 Å². The number of alkyl halides is 3. The van der Waals surface area contributed by atoms with Crippen molar-refractivity contribution >= 4 is 0 Å². The Bertz CT molecular complexity index is 134. The van der Waals surface area contributed by atoms with Gasteiger partial charge in [-0.15, -0.1) is 13.2 Å². The second-order valence-electron chi connectivity index (χ2n) is 1.61. The van der Waals surface area contributed by atoms with Crippen LogP contribution in [0.4, 0.5) is 13.2 Å². The van der Waals surface area contributed by atoms with Crippen molar-refractivity contribution in [1.29, 1.82) is 0 Å². The molecule has 0 saturated heterocycles. The third-order valence-corrected chi connectivity index (χ3v) is 0.830. The number of halogens is 3. The van der Waals surface area contributed by atoms with Crippen LogP contribution in [0.25, 0.3) is 0 Å². The first-order valence-corrected chi connectivity index (χ1v) is 2.49. The number of hydrogen-bond acceptors (Lipinski definition) is 2. The van der Waals surface area contributed by atoms with Crippen molar-refractivity contribution in [3.05, 3.63) is 18.7 Å². The van der Waals surface area contributed by atoms with Crippen molar-refractivity contribution in [2.75, 3.05) is 0 Å². The highest BCUT2D eigenvalue weighted by molar-refractivity contribution is 5.05. The maximum atomic E-state index is 11.4. The molecule has 0 aromatic carbocycles. The highest BCUT2D eigenvalue weighted by atomic mass is 19.4. The van der Waals surface area contributed by atoms with Gasteiger partial charge < -0.3 is 5.32 Å². The van der Waals surface area contributed by atoms with Crippen LogP contribution in [0.15, 0.2) is 12.3 Å². The summed E-state index contributed by atoms with van der Waals surface area (Å²) in [4.78, 5) is 0. The highest BCUT2D eigenvalue weighted by Gasteiger charge is 2.33. The Morgan fingerprint density at radius 3 is 2.60 bits per heavy atom. The van der Waals surface area contributed by atoms with Gasteiger partial charge >= 0.3 is 6.36 Å². The van der Waals surface area contributed by atoms with E-state index in [1.807, 2.05) is 0 Å². The molecule has 2 nitrogen and oxygen atoms in total. The molecule has 1 aliphatic heterocycles. The Labute approximate surface area is 55.7 Å². The lowest BCUT2D eigenvalue weighted by atomic mass is 10.4. The normalized spacial score (nSPS) is 24.9. The van der Waals surface area contributed by atoms with Crippen LogP contribution in [-0.2, 0) is 4.74 Å². The molecule has 0 spiro atoms. The lowest BCUT2D eigenvalue weighted by Gasteiger charge is -2.13. The zero-order valence-electron chi connectivity index (χ0n) is 4.77. The zero-order valence-corrected chi connectivity index (χ0v) is 4.77. The Balaban J connectivity index is 2.26. The quantitative estimate of drug-likeness (QED) is 0.604. The van der Waals surface area contributed by atoms with Crippen molar-refractivity contribution in [3.8, 4) is 0 Å². The van der Waals surface area contributed by atoms with Crippen LogP contribution in [0.5, 0.6) is 0 Å². The zero-order chi connectivity index (χ0) is 7.61. The van der Waals surface area contributed by atoms with E-state index in [-0.39, 0.29) is 0 Å². The van der Waals surface area contributed by atoms with E-state index >= 15 is 0 Å². The molecule has 0 aromatic rings. The minimum atomic E-state index is -4.60. The molecule has 1 aliphatic rings. The van der Waals surface area contributed by atoms with Crippen molar-refractivity contribution in [2.45, 2.75) is 12.6 Å². The number of nitrogens with one attached hydrogen (secondary N) is 1. The molecule has 1 atom stereocenters. The molecule has 1 unspecified atom stereocenters. The molecule has 2 radical (unpaired) electrons. The standard InChI is InChI=1S/C5H4F3NO/c6-5(7,8)10-4-2-1-3-9-4/h1,3-4,9H. The minimum absolute atomic E-state index is 1.18. The van der Waals surface area contributed by atoms with Crippen LogP contribution in [0.1, 0.15) is 0 Å². The summed E-state index contributed by atoms with van der Waals surface area (Å²) in [5.74, 6) is 0. The van der Waals surface area contributed by atoms with Crippen molar-refractivity contribution in [2.24, 2.45) is 0 Å². The smallest absolute Gasteiger partial charge is 0.365 e. The van der Waals surface area contributed by atoms with Gasteiger partial charge in [0, 0.05) is 0 Å². The second-order valence-corrected chi connectivity index (χ2v) is 1.61. The Morgan fingerprint density at radius 2 is 2.20 bits per heavy atom. The maximum absolute atomic E-state index is 11.4. The van der Waals surface area contributed by atoms with Crippen LogP contribution in [0, 0.1) is 6.42 Å². The summed E-state index contributed by atoms with van der Waals surface area (Å²) in [5.41, 5.74) is 0. The first-order chi connectivity index (χ1) is 4.58. The van der Waals surface area contributed by atoms with Gasteiger partial charge in [0.05, 0.1) is 6.42 Å². The van der Waals surface area contributed by atoms with Crippen molar-refractivity contribution in [1.82, 2.24) is 5.32 Å². The second kappa shape index (κ2) is 2.49. The molecule has 0 fully saturated rings. The van der Waals surface area contributed by atoms with Gasteiger partial charge in [0.25, 0.3) is 0 Å². The summed E-state index contributed by atoms with van der Waals surface area (Å²) in [6, 6.07) is 0. The lowest BCUT2D eigenvalue weighted by Crippen LogP contribution is -2.30. The fourth-order valence-corrected chi connectivity index (χ4v) is 0.521. The molecule has 0 amide bonds. The lowest BCUT2D eigenvalue weighted by molar-refractivity contribution is -0.339. The summed E-state index contributed by atoms with van der Waals surface area (Å²) < 4.78 is 37.6. The molecule has 0 saturated carbocycles. The molecular weight excluding hydrogens is 147 g/mol. The third-order valence-electron chi connectivity index (χ3n) is 0.830. The average molecular weight is 151 g/mol. The SMILES string of the molecule is FC(F)(F)OC1[C]C=CN1. The van der Waals surface area contributed by atoms with Gasteiger partial charge in [0.1, 0.15) is 6.23 Å². The maximum Gasteiger partial charge on any atom is 0.524 e. The minimum Gasteiger partial charge on any atom is -0.365 e. The van der Waals surface area contributed by atoms with E-state index in [0.717, 1.165) is 0 Å². The third kappa shape index (κ3) is 2.26. The van der Waals surface area contributed by atoms with E-state index in [9.17, 15) is 13.2 Å². The van der Waals surface area contributed by atoms with Crippen LogP contribution in [0.3, 0.4) is 0 Å². The molecule has 0 aliphatic carbocycles. The van der Waals surface area contributed by atoms with Crippen molar-refractivity contribution < 1.29 is 17.9 Å². The van der Waals surface area contributed by atoms with Gasteiger partial charge in [-0.25, -0.2) is 0 Å². The number of ether oxygens (including phenoxy) is 1. The molecule has 0 aromatic heterocycles. The molecule has 5 heteroatoms. The van der Waals surface area contributed by atoms with Crippen LogP contribution in [-0.4, -0.2) is 12.6 Å². The van der Waals surface area contributed by atoms with E-state index in [4.69, 9.17) is 0 Å². The predicted octanol–water partition coefficient (Wildman–Crippen LogP) is 1.05. The van der Waals surface area contributed by atoms with Gasteiger partial charge in [0.2, 0.25) is 0 Å². The van der Waals surface area contributed by atoms with Gasteiger partial charge in [-0.05, 0) is 6.20 Å². The van der Waals surface area contributed by atoms with Gasteiger partial charge in [0.15, 0.2) is 0 Å². The average Bonchev–Trinajstić information content (AvgIpc) is 2.12. The molecule has 0 bridgehead atoms. The van der Waals surface area contributed by atoms with Crippen molar-refractivity contribution in [3.63, 3.8) is 0 Å². The van der Waals surface area contributed by atoms with E-state index in [0.29, 0.717) is 0 Å². The Hall–Kier alpha value is -0.710. The summed E-state index contributed by atoms with van der Waals surface area (Å²) in [6.45, 7) is 0. The molecule has 56 valence electrons. The topological polar surface area (TPSA) is 21.3 Å². The predicted molar refractivity (Wildman–Crippen MR) is 26.4 cm³/mol. The highest BCUT2D eigenvalue weighted by Crippen LogP contribution is 2.20. The van der Waals surface area contributed by atoms with Gasteiger partial charge in [-0.3, -0.25) is 4.74 Å².